The predicted octanol–water partition coefficient (Wildman–Crippen LogP) is 1.92. The van der Waals surface area contributed by atoms with Gasteiger partial charge >= 0.3 is 0 Å². The predicted molar refractivity (Wildman–Crippen MR) is 81.2 cm³/mol. The molecule has 4 nitrogen and oxygen atoms in total. The van der Waals surface area contributed by atoms with E-state index >= 15 is 0 Å². The number of rotatable bonds is 6. The summed E-state index contributed by atoms with van der Waals surface area (Å²) in [4.78, 5) is 12.1. The van der Waals surface area contributed by atoms with Gasteiger partial charge in [-0.2, -0.15) is 0 Å². The minimum absolute atomic E-state index is 0.0445. The van der Waals surface area contributed by atoms with Crippen LogP contribution in [-0.4, -0.2) is 34.7 Å². The summed E-state index contributed by atoms with van der Waals surface area (Å²) >= 11 is 0. The highest BCUT2D eigenvalue weighted by Gasteiger charge is 2.13. The Morgan fingerprint density at radius 1 is 1.42 bits per heavy atom. The van der Waals surface area contributed by atoms with Crippen molar-refractivity contribution in [3.05, 3.63) is 29.3 Å². The summed E-state index contributed by atoms with van der Waals surface area (Å²) in [5, 5.41) is 5.97. The van der Waals surface area contributed by atoms with E-state index in [0.717, 1.165) is 17.8 Å². The van der Waals surface area contributed by atoms with Crippen molar-refractivity contribution >= 4 is 22.4 Å². The van der Waals surface area contributed by atoms with Crippen LogP contribution in [0.15, 0.2) is 18.2 Å². The maximum atomic E-state index is 12.1. The summed E-state index contributed by atoms with van der Waals surface area (Å²) < 4.78 is 11.3. The van der Waals surface area contributed by atoms with Gasteiger partial charge in [-0.1, -0.05) is 6.07 Å². The van der Waals surface area contributed by atoms with Crippen LogP contribution in [0.3, 0.4) is 0 Å². The van der Waals surface area contributed by atoms with E-state index in [0.29, 0.717) is 12.1 Å². The van der Waals surface area contributed by atoms with Crippen LogP contribution in [0.1, 0.15) is 29.8 Å². The number of nitrogens with one attached hydrogen (secondary N) is 2. The van der Waals surface area contributed by atoms with E-state index in [1.54, 1.807) is 6.26 Å². The van der Waals surface area contributed by atoms with Crippen molar-refractivity contribution < 1.29 is 9.00 Å². The van der Waals surface area contributed by atoms with Crippen LogP contribution >= 0.6 is 0 Å². The van der Waals surface area contributed by atoms with Crippen molar-refractivity contribution in [1.82, 2.24) is 5.32 Å². The number of carbonyl (C=O) groups excluding carboxylic acids is 1. The van der Waals surface area contributed by atoms with Crippen LogP contribution in [0.4, 0.5) is 5.69 Å². The third kappa shape index (κ3) is 4.67. The fourth-order valence-electron chi connectivity index (χ4n) is 1.64. The van der Waals surface area contributed by atoms with Gasteiger partial charge in [0.05, 0.1) is 5.56 Å². The highest BCUT2D eigenvalue weighted by molar-refractivity contribution is 7.84. The van der Waals surface area contributed by atoms with Gasteiger partial charge < -0.3 is 10.6 Å². The summed E-state index contributed by atoms with van der Waals surface area (Å²) in [5.41, 5.74) is 2.57. The molecule has 1 aromatic rings. The van der Waals surface area contributed by atoms with Crippen molar-refractivity contribution in [3.8, 4) is 0 Å². The highest BCUT2D eigenvalue weighted by Crippen LogP contribution is 2.17. The molecule has 0 saturated heterocycles. The molecule has 2 atom stereocenters. The number of amides is 1. The van der Waals surface area contributed by atoms with Crippen LogP contribution in [0.25, 0.3) is 0 Å². The second-order valence-corrected chi connectivity index (χ2v) is 6.40. The molecule has 0 saturated carbocycles. The lowest BCUT2D eigenvalue weighted by Crippen LogP contribution is -2.33. The molecule has 19 heavy (non-hydrogen) atoms. The molecule has 1 aromatic carbocycles. The summed E-state index contributed by atoms with van der Waals surface area (Å²) in [6.07, 6.45) is 1.65. The van der Waals surface area contributed by atoms with Gasteiger partial charge in [0.15, 0.2) is 0 Å². The zero-order chi connectivity index (χ0) is 14.4. The van der Waals surface area contributed by atoms with Crippen molar-refractivity contribution in [2.45, 2.75) is 26.0 Å². The monoisotopic (exact) mass is 282 g/mol. The maximum Gasteiger partial charge on any atom is 0.253 e. The smallest absolute Gasteiger partial charge is 0.253 e. The molecule has 1 rings (SSSR count). The average Bonchev–Trinajstić information content (AvgIpc) is 2.36. The first-order valence-corrected chi connectivity index (χ1v) is 8.02. The second-order valence-electron chi connectivity index (χ2n) is 4.60. The lowest BCUT2D eigenvalue weighted by molar-refractivity contribution is 0.0955. The van der Waals surface area contributed by atoms with Gasteiger partial charge in [-0.15, -0.1) is 0 Å². The molecule has 5 heteroatoms. The van der Waals surface area contributed by atoms with Crippen LogP contribution in [0.5, 0.6) is 0 Å². The first-order valence-electron chi connectivity index (χ1n) is 6.40. The Kier molecular flexibility index (Phi) is 6.02. The average molecular weight is 282 g/mol. The normalized spacial score (nSPS) is 13.7. The zero-order valence-corrected chi connectivity index (χ0v) is 12.8. The second kappa shape index (κ2) is 7.28. The van der Waals surface area contributed by atoms with E-state index in [-0.39, 0.29) is 11.2 Å². The Balaban J connectivity index is 2.78. The van der Waals surface area contributed by atoms with E-state index in [2.05, 4.69) is 10.6 Å². The summed E-state index contributed by atoms with van der Waals surface area (Å²) in [6, 6.07) is 5.69. The number of hydrogen-bond acceptors (Lipinski definition) is 3. The Labute approximate surface area is 117 Å². The van der Waals surface area contributed by atoms with Gasteiger partial charge in [0.25, 0.3) is 5.91 Å². The van der Waals surface area contributed by atoms with Crippen molar-refractivity contribution in [3.63, 3.8) is 0 Å². The number of anilines is 1. The third-order valence-electron chi connectivity index (χ3n) is 2.90. The third-order valence-corrected chi connectivity index (χ3v) is 4.20. The van der Waals surface area contributed by atoms with Crippen LogP contribution in [0.2, 0.25) is 0 Å². The Bertz CT molecular complexity index is 475. The molecule has 0 aliphatic heterocycles. The molecule has 0 aliphatic rings. The lowest BCUT2D eigenvalue weighted by Gasteiger charge is -2.14. The van der Waals surface area contributed by atoms with Gasteiger partial charge in [0.1, 0.15) is 0 Å². The molecule has 0 radical (unpaired) electrons. The summed E-state index contributed by atoms with van der Waals surface area (Å²) in [5.74, 6) is -0.131. The first-order chi connectivity index (χ1) is 8.95. The summed E-state index contributed by atoms with van der Waals surface area (Å²) in [7, 11) is -0.926. The molecule has 1 amide bonds. The molecular weight excluding hydrogens is 260 g/mol. The molecule has 0 fully saturated rings. The molecule has 0 bridgehead atoms. The molecule has 0 heterocycles. The first kappa shape index (κ1) is 15.7. The minimum atomic E-state index is -0.926. The van der Waals surface area contributed by atoms with Crippen molar-refractivity contribution in [1.29, 1.82) is 0 Å². The number of carbonyl (C=O) groups is 1. The minimum Gasteiger partial charge on any atom is -0.385 e. The topological polar surface area (TPSA) is 58.2 Å². The van der Waals surface area contributed by atoms with E-state index in [4.69, 9.17) is 0 Å². The SMILES string of the molecule is CCNc1cc(C)ccc1C(=O)NCC(C)S(C)=O. The fourth-order valence-corrected chi connectivity index (χ4v) is 1.96. The van der Waals surface area contributed by atoms with E-state index in [1.807, 2.05) is 39.0 Å². The Morgan fingerprint density at radius 3 is 2.68 bits per heavy atom. The standard InChI is InChI=1S/C14H22N2O2S/c1-5-15-13-8-10(2)6-7-12(13)14(17)16-9-11(3)19(4)18/h6-8,11,15H,5,9H2,1-4H3,(H,16,17). The fraction of sp³-hybridized carbons (Fsp3) is 0.500. The molecular formula is C14H22N2O2S. The van der Waals surface area contributed by atoms with E-state index in [1.165, 1.54) is 0 Å². The molecule has 2 N–H and O–H groups in total. The Morgan fingerprint density at radius 2 is 2.11 bits per heavy atom. The van der Waals surface area contributed by atoms with Crippen LogP contribution in [0, 0.1) is 6.92 Å². The van der Waals surface area contributed by atoms with Crippen LogP contribution < -0.4 is 10.6 Å². The van der Waals surface area contributed by atoms with Gasteiger partial charge in [0, 0.05) is 41.1 Å². The van der Waals surface area contributed by atoms with E-state index in [9.17, 15) is 9.00 Å². The number of hydrogen-bond donors (Lipinski definition) is 2. The van der Waals surface area contributed by atoms with Gasteiger partial charge in [-0.3, -0.25) is 9.00 Å². The lowest BCUT2D eigenvalue weighted by atomic mass is 10.1. The maximum absolute atomic E-state index is 12.1. The quantitative estimate of drug-likeness (QED) is 0.838. The molecule has 106 valence electrons. The Hall–Kier alpha value is -1.36. The van der Waals surface area contributed by atoms with E-state index < -0.39 is 10.8 Å². The van der Waals surface area contributed by atoms with Crippen molar-refractivity contribution in [2.75, 3.05) is 24.7 Å². The number of aryl methyl sites for hydroxylation is 1. The molecule has 0 aromatic heterocycles. The molecule has 2 unspecified atom stereocenters. The summed E-state index contributed by atoms with van der Waals surface area (Å²) in [6.45, 7) is 7.02. The van der Waals surface area contributed by atoms with Crippen LogP contribution in [-0.2, 0) is 10.8 Å². The molecule has 0 aliphatic carbocycles. The van der Waals surface area contributed by atoms with Gasteiger partial charge in [-0.05, 0) is 38.5 Å². The number of benzene rings is 1. The molecule has 0 spiro atoms. The largest absolute Gasteiger partial charge is 0.385 e. The zero-order valence-electron chi connectivity index (χ0n) is 11.9. The van der Waals surface area contributed by atoms with Gasteiger partial charge in [-0.25, -0.2) is 0 Å². The van der Waals surface area contributed by atoms with Gasteiger partial charge in [0.2, 0.25) is 0 Å². The van der Waals surface area contributed by atoms with Crippen molar-refractivity contribution in [2.24, 2.45) is 0 Å². The highest BCUT2D eigenvalue weighted by atomic mass is 32.2.